The summed E-state index contributed by atoms with van der Waals surface area (Å²) in [5.74, 6) is -0.250. The molecule has 0 atom stereocenters. The highest BCUT2D eigenvalue weighted by Gasteiger charge is 2.16. The quantitative estimate of drug-likeness (QED) is 0.822. The van der Waals surface area contributed by atoms with Crippen molar-refractivity contribution in [1.82, 2.24) is 9.55 Å². The van der Waals surface area contributed by atoms with E-state index in [1.807, 2.05) is 0 Å². The second-order valence-corrected chi connectivity index (χ2v) is 4.26. The number of imidazole rings is 1. The van der Waals surface area contributed by atoms with E-state index in [2.05, 4.69) is 9.98 Å². The molecule has 0 amide bonds. The SMILES string of the molecule is Cn1c(N)nc(O)c1/C=C1/C=Nc2cc(F)ccc21. The number of allylic oxidation sites excluding steroid dienone is 1. The second-order valence-electron chi connectivity index (χ2n) is 4.26. The Kier molecular flexibility index (Phi) is 2.38. The van der Waals surface area contributed by atoms with Crippen LogP contribution in [0, 0.1) is 5.82 Å². The molecule has 1 aromatic heterocycles. The van der Waals surface area contributed by atoms with E-state index in [1.165, 1.54) is 12.1 Å². The maximum atomic E-state index is 13.1. The number of nitrogens with zero attached hydrogens (tertiary/aromatic N) is 3. The fraction of sp³-hybridized carbons (Fsp3) is 0.0769. The Morgan fingerprint density at radius 1 is 1.42 bits per heavy atom. The van der Waals surface area contributed by atoms with E-state index in [4.69, 9.17) is 5.73 Å². The molecular formula is C13H11FN4O. The van der Waals surface area contributed by atoms with Crippen molar-refractivity contribution in [2.75, 3.05) is 5.73 Å². The van der Waals surface area contributed by atoms with E-state index in [1.54, 1.807) is 30.0 Å². The van der Waals surface area contributed by atoms with Crippen molar-refractivity contribution in [2.45, 2.75) is 0 Å². The Hall–Kier alpha value is -2.63. The van der Waals surface area contributed by atoms with Crippen molar-refractivity contribution in [2.24, 2.45) is 12.0 Å². The number of nitrogens with two attached hydrogens (primary N) is 1. The Labute approximate surface area is 108 Å². The molecule has 0 unspecified atom stereocenters. The van der Waals surface area contributed by atoms with Gasteiger partial charge in [-0.15, -0.1) is 0 Å². The van der Waals surface area contributed by atoms with Crippen LogP contribution in [0.25, 0.3) is 11.6 Å². The predicted octanol–water partition coefficient (Wildman–Crippen LogP) is 2.10. The normalized spacial score (nSPS) is 15.2. The van der Waals surface area contributed by atoms with Crippen LogP contribution in [0.4, 0.5) is 16.0 Å². The smallest absolute Gasteiger partial charge is 0.238 e. The van der Waals surface area contributed by atoms with Crippen LogP contribution < -0.4 is 5.73 Å². The molecule has 19 heavy (non-hydrogen) atoms. The fourth-order valence-electron chi connectivity index (χ4n) is 2.00. The molecule has 0 saturated heterocycles. The first-order valence-corrected chi connectivity index (χ1v) is 5.63. The average Bonchev–Trinajstić information content (AvgIpc) is 2.86. The first kappa shape index (κ1) is 11.5. The molecule has 0 spiro atoms. The minimum atomic E-state index is -0.329. The highest BCUT2D eigenvalue weighted by Crippen LogP contribution is 2.34. The standard InChI is InChI=1S/C13H11FN4O/c1-18-11(12(19)17-13(18)15)4-7-6-16-10-5-8(14)2-3-9(7)10/h2-6,19H,1H3,(H2,15,17)/b7-4-. The lowest BCUT2D eigenvalue weighted by Crippen LogP contribution is -1.98. The topological polar surface area (TPSA) is 76.4 Å². The third kappa shape index (κ3) is 1.77. The molecule has 2 aromatic rings. The van der Waals surface area contributed by atoms with Gasteiger partial charge in [0.25, 0.3) is 0 Å². The Morgan fingerprint density at radius 2 is 2.21 bits per heavy atom. The summed E-state index contributed by atoms with van der Waals surface area (Å²) in [6, 6.07) is 4.39. The number of halogens is 1. The number of benzene rings is 1. The van der Waals surface area contributed by atoms with Gasteiger partial charge in [-0.1, -0.05) is 0 Å². The number of aromatic nitrogens is 2. The van der Waals surface area contributed by atoms with Gasteiger partial charge in [-0.05, 0) is 18.2 Å². The molecule has 5 nitrogen and oxygen atoms in total. The summed E-state index contributed by atoms with van der Waals surface area (Å²) in [6.07, 6.45) is 3.33. The number of nitrogen functional groups attached to an aromatic ring is 1. The van der Waals surface area contributed by atoms with Crippen molar-refractivity contribution in [3.05, 3.63) is 35.3 Å². The molecule has 1 aliphatic rings. The number of hydrogen-bond acceptors (Lipinski definition) is 4. The summed E-state index contributed by atoms with van der Waals surface area (Å²) < 4.78 is 14.7. The lowest BCUT2D eigenvalue weighted by Gasteiger charge is -2.01. The zero-order chi connectivity index (χ0) is 13.6. The molecule has 0 aliphatic carbocycles. The van der Waals surface area contributed by atoms with E-state index in [-0.39, 0.29) is 17.6 Å². The number of rotatable bonds is 1. The minimum absolute atomic E-state index is 0.142. The second kappa shape index (κ2) is 3.94. The monoisotopic (exact) mass is 258 g/mol. The van der Waals surface area contributed by atoms with Gasteiger partial charge in [0.15, 0.2) is 0 Å². The fourth-order valence-corrected chi connectivity index (χ4v) is 2.00. The summed E-state index contributed by atoms with van der Waals surface area (Å²) in [5.41, 5.74) is 8.24. The molecule has 0 fully saturated rings. The minimum Gasteiger partial charge on any atom is -0.492 e. The van der Waals surface area contributed by atoms with Gasteiger partial charge in [-0.3, -0.25) is 4.99 Å². The lowest BCUT2D eigenvalue weighted by atomic mass is 10.1. The molecule has 0 saturated carbocycles. The van der Waals surface area contributed by atoms with Crippen LogP contribution in [0.2, 0.25) is 0 Å². The largest absolute Gasteiger partial charge is 0.492 e. The third-order valence-corrected chi connectivity index (χ3v) is 3.06. The first-order valence-electron chi connectivity index (χ1n) is 5.63. The number of aliphatic imine (C=N–C) groups is 1. The molecule has 2 heterocycles. The van der Waals surface area contributed by atoms with E-state index in [0.717, 1.165) is 11.1 Å². The average molecular weight is 258 g/mol. The lowest BCUT2D eigenvalue weighted by molar-refractivity contribution is 0.455. The van der Waals surface area contributed by atoms with E-state index < -0.39 is 0 Å². The van der Waals surface area contributed by atoms with E-state index in [0.29, 0.717) is 11.4 Å². The van der Waals surface area contributed by atoms with Crippen LogP contribution in [0.15, 0.2) is 23.2 Å². The molecular weight excluding hydrogens is 247 g/mol. The summed E-state index contributed by atoms with van der Waals surface area (Å²) in [7, 11) is 1.70. The Balaban J connectivity index is 2.11. The third-order valence-electron chi connectivity index (χ3n) is 3.06. The molecule has 3 N–H and O–H groups in total. The Morgan fingerprint density at radius 3 is 2.89 bits per heavy atom. The first-order chi connectivity index (χ1) is 9.06. The van der Waals surface area contributed by atoms with Crippen molar-refractivity contribution in [3.63, 3.8) is 0 Å². The summed E-state index contributed by atoms with van der Waals surface area (Å²) >= 11 is 0. The molecule has 1 aromatic carbocycles. The van der Waals surface area contributed by atoms with Crippen LogP contribution in [-0.2, 0) is 7.05 Å². The zero-order valence-electron chi connectivity index (χ0n) is 10.1. The number of aromatic hydroxyl groups is 1. The molecule has 0 bridgehead atoms. The van der Waals surface area contributed by atoms with Crippen molar-refractivity contribution < 1.29 is 9.50 Å². The van der Waals surface area contributed by atoms with Gasteiger partial charge in [-0.2, -0.15) is 4.98 Å². The van der Waals surface area contributed by atoms with Crippen LogP contribution in [-0.4, -0.2) is 20.9 Å². The maximum Gasteiger partial charge on any atom is 0.238 e. The predicted molar refractivity (Wildman–Crippen MR) is 71.7 cm³/mol. The highest BCUT2D eigenvalue weighted by atomic mass is 19.1. The van der Waals surface area contributed by atoms with E-state index in [9.17, 15) is 9.50 Å². The van der Waals surface area contributed by atoms with Gasteiger partial charge in [-0.25, -0.2) is 4.39 Å². The molecule has 1 aliphatic heterocycles. The van der Waals surface area contributed by atoms with Gasteiger partial charge >= 0.3 is 0 Å². The van der Waals surface area contributed by atoms with Gasteiger partial charge < -0.3 is 15.4 Å². The van der Waals surface area contributed by atoms with Gasteiger partial charge in [0.1, 0.15) is 11.5 Å². The highest BCUT2D eigenvalue weighted by molar-refractivity contribution is 6.21. The van der Waals surface area contributed by atoms with Crippen molar-refractivity contribution in [3.8, 4) is 5.88 Å². The van der Waals surface area contributed by atoms with Crippen LogP contribution in [0.5, 0.6) is 5.88 Å². The molecule has 0 radical (unpaired) electrons. The molecule has 3 rings (SSSR count). The van der Waals surface area contributed by atoms with E-state index >= 15 is 0 Å². The van der Waals surface area contributed by atoms with Crippen molar-refractivity contribution in [1.29, 1.82) is 0 Å². The summed E-state index contributed by atoms with van der Waals surface area (Å²) in [4.78, 5) is 7.90. The molecule has 6 heteroatoms. The van der Waals surface area contributed by atoms with Gasteiger partial charge in [0.2, 0.25) is 11.8 Å². The summed E-state index contributed by atoms with van der Waals surface area (Å²) in [5, 5.41) is 9.70. The maximum absolute atomic E-state index is 13.1. The zero-order valence-corrected chi connectivity index (χ0v) is 10.1. The number of fused-ring (bicyclic) bond motifs is 1. The summed E-state index contributed by atoms with van der Waals surface area (Å²) in [6.45, 7) is 0. The van der Waals surface area contributed by atoms with Crippen LogP contribution in [0.3, 0.4) is 0 Å². The van der Waals surface area contributed by atoms with Crippen LogP contribution in [0.1, 0.15) is 11.3 Å². The van der Waals surface area contributed by atoms with Crippen molar-refractivity contribution >= 4 is 29.5 Å². The number of anilines is 1. The number of hydrogen-bond donors (Lipinski definition) is 2. The Bertz CT molecular complexity index is 730. The molecule has 96 valence electrons. The van der Waals surface area contributed by atoms with Crippen LogP contribution >= 0.6 is 0 Å². The van der Waals surface area contributed by atoms with Gasteiger partial charge in [0.05, 0.1) is 5.69 Å². The van der Waals surface area contributed by atoms with Gasteiger partial charge in [0, 0.05) is 30.5 Å².